The van der Waals surface area contributed by atoms with Crippen molar-refractivity contribution in [2.24, 2.45) is 5.73 Å². The van der Waals surface area contributed by atoms with Gasteiger partial charge in [-0.25, -0.2) is 0 Å². The van der Waals surface area contributed by atoms with Crippen molar-refractivity contribution in [2.45, 2.75) is 44.6 Å². The van der Waals surface area contributed by atoms with E-state index in [0.29, 0.717) is 0 Å². The van der Waals surface area contributed by atoms with Crippen LogP contribution in [0.25, 0.3) is 0 Å². The van der Waals surface area contributed by atoms with Gasteiger partial charge in [0.1, 0.15) is 0 Å². The van der Waals surface area contributed by atoms with Crippen molar-refractivity contribution >= 4 is 0 Å². The number of rotatable bonds is 3. The van der Waals surface area contributed by atoms with Gasteiger partial charge in [-0.2, -0.15) is 0 Å². The molecule has 100 valence electrons. The summed E-state index contributed by atoms with van der Waals surface area (Å²) in [5, 5.41) is 0. The molecule has 0 spiro atoms. The normalized spacial score (nSPS) is 19.1. The Kier molecular flexibility index (Phi) is 4.08. The summed E-state index contributed by atoms with van der Waals surface area (Å²) in [6.45, 7) is 6.65. The van der Waals surface area contributed by atoms with Crippen molar-refractivity contribution in [2.75, 3.05) is 20.1 Å². The largest absolute Gasteiger partial charge is 0.325 e. The van der Waals surface area contributed by atoms with Crippen LogP contribution in [0, 0.1) is 0 Å². The van der Waals surface area contributed by atoms with Gasteiger partial charge in [-0.1, -0.05) is 24.3 Å². The van der Waals surface area contributed by atoms with E-state index in [1.54, 1.807) is 0 Å². The van der Waals surface area contributed by atoms with Crippen molar-refractivity contribution < 1.29 is 0 Å². The highest BCUT2D eigenvalue weighted by molar-refractivity contribution is 5.32. The molecule has 1 saturated heterocycles. The van der Waals surface area contributed by atoms with E-state index in [4.69, 9.17) is 5.73 Å². The summed E-state index contributed by atoms with van der Waals surface area (Å²) >= 11 is 0. The molecule has 1 aromatic carbocycles. The lowest BCUT2D eigenvalue weighted by molar-refractivity contribution is 0.254. The summed E-state index contributed by atoms with van der Waals surface area (Å²) in [6.07, 6.45) is 3.52. The highest BCUT2D eigenvalue weighted by atomic mass is 15.1. The number of benzene rings is 1. The summed E-state index contributed by atoms with van der Waals surface area (Å²) in [4.78, 5) is 2.42. The van der Waals surface area contributed by atoms with Gasteiger partial charge >= 0.3 is 0 Å². The molecular weight excluding hydrogens is 220 g/mol. The third kappa shape index (κ3) is 3.56. The van der Waals surface area contributed by atoms with Crippen LogP contribution in [0.2, 0.25) is 0 Å². The second kappa shape index (κ2) is 5.41. The highest BCUT2D eigenvalue weighted by Crippen LogP contribution is 2.31. The molecule has 0 aromatic heterocycles. The molecule has 1 fully saturated rings. The minimum Gasteiger partial charge on any atom is -0.325 e. The van der Waals surface area contributed by atoms with Crippen molar-refractivity contribution in [3.8, 4) is 0 Å². The fraction of sp³-hybridized carbons (Fsp3) is 0.625. The summed E-state index contributed by atoms with van der Waals surface area (Å²) in [7, 11) is 2.21. The van der Waals surface area contributed by atoms with Crippen LogP contribution < -0.4 is 5.73 Å². The van der Waals surface area contributed by atoms with Gasteiger partial charge in [0.25, 0.3) is 0 Å². The van der Waals surface area contributed by atoms with Gasteiger partial charge in [0, 0.05) is 5.54 Å². The minimum atomic E-state index is -0.123. The Bertz CT molecular complexity index is 384. The quantitative estimate of drug-likeness (QED) is 0.888. The predicted molar refractivity (Wildman–Crippen MR) is 77.9 cm³/mol. The Morgan fingerprint density at radius 1 is 1.22 bits per heavy atom. The number of likely N-dealkylation sites (tertiary alicyclic amines) is 1. The molecule has 0 atom stereocenters. The van der Waals surface area contributed by atoms with Crippen molar-refractivity contribution in [3.05, 3.63) is 35.4 Å². The van der Waals surface area contributed by atoms with Crippen LogP contribution in [0.3, 0.4) is 0 Å². The molecule has 0 aliphatic carbocycles. The summed E-state index contributed by atoms with van der Waals surface area (Å²) in [6, 6.07) is 8.86. The zero-order valence-electron chi connectivity index (χ0n) is 11.9. The van der Waals surface area contributed by atoms with Crippen LogP contribution in [0.4, 0.5) is 0 Å². The molecule has 18 heavy (non-hydrogen) atoms. The van der Waals surface area contributed by atoms with E-state index in [9.17, 15) is 0 Å². The third-order valence-electron chi connectivity index (χ3n) is 3.86. The average molecular weight is 246 g/mol. The molecule has 2 N–H and O–H groups in total. The fourth-order valence-corrected chi connectivity index (χ4v) is 2.90. The van der Waals surface area contributed by atoms with Crippen molar-refractivity contribution in [3.63, 3.8) is 0 Å². The van der Waals surface area contributed by atoms with E-state index in [1.807, 2.05) is 0 Å². The first kappa shape index (κ1) is 13.6. The molecule has 2 nitrogen and oxygen atoms in total. The van der Waals surface area contributed by atoms with Crippen LogP contribution in [0.1, 0.15) is 43.7 Å². The van der Waals surface area contributed by atoms with Crippen LogP contribution in [-0.4, -0.2) is 30.6 Å². The SMILES string of the molecule is CN1CCC(c2ccccc2CC(C)(C)N)CC1. The fourth-order valence-electron chi connectivity index (χ4n) is 2.90. The van der Waals surface area contributed by atoms with Gasteiger partial charge in [-0.05, 0) is 70.3 Å². The lowest BCUT2D eigenvalue weighted by Gasteiger charge is -2.31. The molecule has 2 rings (SSSR count). The van der Waals surface area contributed by atoms with E-state index in [0.717, 1.165) is 12.3 Å². The molecule has 1 aliphatic heterocycles. The summed E-state index contributed by atoms with van der Waals surface area (Å²) in [5.41, 5.74) is 9.03. The lowest BCUT2D eigenvalue weighted by atomic mass is 9.83. The van der Waals surface area contributed by atoms with Crippen LogP contribution >= 0.6 is 0 Å². The van der Waals surface area contributed by atoms with Gasteiger partial charge in [0.05, 0.1) is 0 Å². The molecule has 0 unspecified atom stereocenters. The van der Waals surface area contributed by atoms with Gasteiger partial charge < -0.3 is 10.6 Å². The van der Waals surface area contributed by atoms with E-state index < -0.39 is 0 Å². The Balaban J connectivity index is 2.17. The molecule has 2 heteroatoms. The standard InChI is InChI=1S/C16H26N2/c1-16(2,17)12-14-6-4-5-7-15(14)13-8-10-18(3)11-9-13/h4-7,13H,8-12,17H2,1-3H3. The Morgan fingerprint density at radius 2 is 1.83 bits per heavy atom. The number of nitrogens with two attached hydrogens (primary N) is 1. The summed E-state index contributed by atoms with van der Waals surface area (Å²) < 4.78 is 0. The number of piperidine rings is 1. The highest BCUT2D eigenvalue weighted by Gasteiger charge is 2.22. The van der Waals surface area contributed by atoms with E-state index in [-0.39, 0.29) is 5.54 Å². The number of nitrogens with zero attached hydrogens (tertiary/aromatic N) is 1. The first-order valence-corrected chi connectivity index (χ1v) is 7.01. The first-order chi connectivity index (χ1) is 8.46. The van der Waals surface area contributed by atoms with Gasteiger partial charge in [-0.15, -0.1) is 0 Å². The molecule has 1 aliphatic rings. The Morgan fingerprint density at radius 3 is 2.44 bits per heavy atom. The zero-order chi connectivity index (χ0) is 13.2. The van der Waals surface area contributed by atoms with Gasteiger partial charge in [0.2, 0.25) is 0 Å². The second-order valence-corrected chi connectivity index (χ2v) is 6.44. The van der Waals surface area contributed by atoms with E-state index in [2.05, 4.69) is 50.1 Å². The number of hydrogen-bond acceptors (Lipinski definition) is 2. The van der Waals surface area contributed by atoms with Crippen molar-refractivity contribution in [1.82, 2.24) is 4.90 Å². The second-order valence-electron chi connectivity index (χ2n) is 6.44. The minimum absolute atomic E-state index is 0.123. The smallest absolute Gasteiger partial charge is 0.0138 e. The van der Waals surface area contributed by atoms with Crippen LogP contribution in [-0.2, 0) is 6.42 Å². The Hall–Kier alpha value is -0.860. The molecule has 1 heterocycles. The van der Waals surface area contributed by atoms with E-state index in [1.165, 1.54) is 37.1 Å². The Labute approximate surface area is 111 Å². The average Bonchev–Trinajstić information content (AvgIpc) is 2.29. The van der Waals surface area contributed by atoms with Gasteiger partial charge in [0.15, 0.2) is 0 Å². The molecule has 0 bridgehead atoms. The van der Waals surface area contributed by atoms with Crippen LogP contribution in [0.5, 0.6) is 0 Å². The molecule has 0 amide bonds. The molecular formula is C16H26N2. The zero-order valence-corrected chi connectivity index (χ0v) is 11.9. The lowest BCUT2D eigenvalue weighted by Crippen LogP contribution is -2.35. The summed E-state index contributed by atoms with van der Waals surface area (Å²) in [5.74, 6) is 0.722. The number of hydrogen-bond donors (Lipinski definition) is 1. The predicted octanol–water partition coefficient (Wildman–Crippen LogP) is 2.78. The third-order valence-corrected chi connectivity index (χ3v) is 3.86. The molecule has 0 radical (unpaired) electrons. The van der Waals surface area contributed by atoms with Gasteiger partial charge in [-0.3, -0.25) is 0 Å². The maximum atomic E-state index is 6.18. The van der Waals surface area contributed by atoms with E-state index >= 15 is 0 Å². The maximum absolute atomic E-state index is 6.18. The van der Waals surface area contributed by atoms with Crippen molar-refractivity contribution in [1.29, 1.82) is 0 Å². The molecule has 1 aromatic rings. The topological polar surface area (TPSA) is 29.3 Å². The first-order valence-electron chi connectivity index (χ1n) is 7.01. The monoisotopic (exact) mass is 246 g/mol. The van der Waals surface area contributed by atoms with Crippen LogP contribution in [0.15, 0.2) is 24.3 Å². The molecule has 0 saturated carbocycles. The maximum Gasteiger partial charge on any atom is 0.0138 e.